The molecule has 1 aliphatic rings. The molecular weight excluding hydrogens is 436 g/mol. The first-order chi connectivity index (χ1) is 15.0. The SMILES string of the molecule is Cc1c(NC(=O)CSc2nnc(-c3ccc(Cl)cc3)o2)cccc1C(=O)N1CCCC1. The molecule has 0 radical (unpaired) electrons. The zero-order valence-electron chi connectivity index (χ0n) is 16.9. The van der Waals surface area contributed by atoms with Crippen molar-refractivity contribution in [2.75, 3.05) is 24.2 Å². The van der Waals surface area contributed by atoms with Gasteiger partial charge in [-0.15, -0.1) is 10.2 Å². The van der Waals surface area contributed by atoms with Gasteiger partial charge in [-0.3, -0.25) is 9.59 Å². The first-order valence-corrected chi connectivity index (χ1v) is 11.3. The van der Waals surface area contributed by atoms with Crippen LogP contribution in [0.25, 0.3) is 11.5 Å². The van der Waals surface area contributed by atoms with E-state index < -0.39 is 0 Å². The Labute approximate surface area is 189 Å². The van der Waals surface area contributed by atoms with E-state index in [-0.39, 0.29) is 17.6 Å². The Kier molecular flexibility index (Phi) is 6.58. The summed E-state index contributed by atoms with van der Waals surface area (Å²) in [5.74, 6) is 0.265. The molecule has 1 fully saturated rings. The van der Waals surface area contributed by atoms with Crippen LogP contribution in [0, 0.1) is 6.92 Å². The van der Waals surface area contributed by atoms with E-state index in [1.807, 2.05) is 11.8 Å². The lowest BCUT2D eigenvalue weighted by molar-refractivity contribution is -0.113. The molecular formula is C22H21ClN4O3S. The Bertz CT molecular complexity index is 1090. The van der Waals surface area contributed by atoms with Crippen LogP contribution in [-0.2, 0) is 4.79 Å². The third-order valence-electron chi connectivity index (χ3n) is 5.06. The van der Waals surface area contributed by atoms with E-state index >= 15 is 0 Å². The van der Waals surface area contributed by atoms with Gasteiger partial charge in [0.25, 0.3) is 11.1 Å². The van der Waals surface area contributed by atoms with Crippen LogP contribution in [0.2, 0.25) is 5.02 Å². The van der Waals surface area contributed by atoms with Crippen LogP contribution in [0.3, 0.4) is 0 Å². The fourth-order valence-corrected chi connectivity index (χ4v) is 4.07. The molecule has 160 valence electrons. The van der Waals surface area contributed by atoms with Gasteiger partial charge in [0.2, 0.25) is 11.8 Å². The van der Waals surface area contributed by atoms with Gasteiger partial charge in [-0.2, -0.15) is 0 Å². The maximum atomic E-state index is 12.7. The summed E-state index contributed by atoms with van der Waals surface area (Å²) in [4.78, 5) is 27.0. The number of rotatable bonds is 6. The second-order valence-electron chi connectivity index (χ2n) is 7.19. The third kappa shape index (κ3) is 5.08. The lowest BCUT2D eigenvalue weighted by atomic mass is 10.1. The first-order valence-electron chi connectivity index (χ1n) is 9.92. The molecule has 1 aromatic heterocycles. The van der Waals surface area contributed by atoms with Gasteiger partial charge in [0.05, 0.1) is 5.75 Å². The Morgan fingerprint density at radius 1 is 1.13 bits per heavy atom. The molecule has 2 aromatic carbocycles. The highest BCUT2D eigenvalue weighted by atomic mass is 35.5. The number of anilines is 1. The number of aromatic nitrogens is 2. The van der Waals surface area contributed by atoms with Crippen LogP contribution in [0.1, 0.15) is 28.8 Å². The number of halogens is 1. The Morgan fingerprint density at radius 2 is 1.87 bits per heavy atom. The summed E-state index contributed by atoms with van der Waals surface area (Å²) in [6.07, 6.45) is 2.07. The van der Waals surface area contributed by atoms with E-state index in [4.69, 9.17) is 16.0 Å². The van der Waals surface area contributed by atoms with Gasteiger partial charge in [-0.05, 0) is 61.7 Å². The Balaban J connectivity index is 1.36. The fraction of sp³-hybridized carbons (Fsp3) is 0.273. The molecule has 1 saturated heterocycles. The van der Waals surface area contributed by atoms with Crippen LogP contribution in [0.5, 0.6) is 0 Å². The van der Waals surface area contributed by atoms with Crippen molar-refractivity contribution in [2.45, 2.75) is 25.0 Å². The molecule has 2 heterocycles. The van der Waals surface area contributed by atoms with Crippen LogP contribution in [-0.4, -0.2) is 45.8 Å². The second-order valence-corrected chi connectivity index (χ2v) is 8.56. The molecule has 7 nitrogen and oxygen atoms in total. The number of nitrogens with zero attached hydrogens (tertiary/aromatic N) is 3. The molecule has 0 atom stereocenters. The smallest absolute Gasteiger partial charge is 0.277 e. The predicted octanol–water partition coefficient (Wildman–Crippen LogP) is 4.67. The maximum Gasteiger partial charge on any atom is 0.277 e. The van der Waals surface area contributed by atoms with Crippen molar-refractivity contribution in [3.8, 4) is 11.5 Å². The molecule has 0 bridgehead atoms. The Hall–Kier alpha value is -2.84. The highest BCUT2D eigenvalue weighted by Crippen LogP contribution is 2.25. The molecule has 0 spiro atoms. The minimum absolute atomic E-state index is 0.0149. The van der Waals surface area contributed by atoms with Crippen molar-refractivity contribution >= 4 is 40.9 Å². The quantitative estimate of drug-likeness (QED) is 0.542. The third-order valence-corrected chi connectivity index (χ3v) is 6.13. The number of hydrogen-bond acceptors (Lipinski definition) is 6. The fourth-order valence-electron chi connectivity index (χ4n) is 3.38. The number of carbonyl (C=O) groups is 2. The van der Waals surface area contributed by atoms with Crippen LogP contribution in [0.15, 0.2) is 52.1 Å². The maximum absolute atomic E-state index is 12.7. The lowest BCUT2D eigenvalue weighted by Crippen LogP contribution is -2.28. The minimum atomic E-state index is -0.217. The molecule has 1 N–H and O–H groups in total. The average molecular weight is 457 g/mol. The highest BCUT2D eigenvalue weighted by Gasteiger charge is 2.22. The van der Waals surface area contributed by atoms with E-state index in [0.717, 1.165) is 48.8 Å². The van der Waals surface area contributed by atoms with Crippen LogP contribution < -0.4 is 5.32 Å². The van der Waals surface area contributed by atoms with E-state index in [9.17, 15) is 9.59 Å². The van der Waals surface area contributed by atoms with Crippen molar-refractivity contribution in [3.05, 3.63) is 58.6 Å². The number of thioether (sulfide) groups is 1. The van der Waals surface area contributed by atoms with Gasteiger partial charge in [0.1, 0.15) is 0 Å². The zero-order valence-corrected chi connectivity index (χ0v) is 18.5. The zero-order chi connectivity index (χ0) is 21.8. The van der Waals surface area contributed by atoms with Gasteiger partial charge in [0.15, 0.2) is 0 Å². The molecule has 9 heteroatoms. The van der Waals surface area contributed by atoms with Gasteiger partial charge >= 0.3 is 0 Å². The van der Waals surface area contributed by atoms with E-state index in [1.165, 1.54) is 0 Å². The summed E-state index contributed by atoms with van der Waals surface area (Å²) in [5.41, 5.74) is 2.77. The van der Waals surface area contributed by atoms with Crippen LogP contribution >= 0.6 is 23.4 Å². The van der Waals surface area contributed by atoms with E-state index in [1.54, 1.807) is 42.5 Å². The second kappa shape index (κ2) is 9.53. The standard InChI is InChI=1S/C22H21ClN4O3S/c1-14-17(21(29)27-11-2-3-12-27)5-4-6-18(14)24-19(28)13-31-22-26-25-20(30-22)15-7-9-16(23)10-8-15/h4-10H,2-3,11-13H2,1H3,(H,24,28). The summed E-state index contributed by atoms with van der Waals surface area (Å²) in [5, 5.41) is 11.8. The molecule has 4 rings (SSSR count). The number of hydrogen-bond donors (Lipinski definition) is 1. The number of carbonyl (C=O) groups excluding carboxylic acids is 2. The Morgan fingerprint density at radius 3 is 2.61 bits per heavy atom. The van der Waals surface area contributed by atoms with Crippen LogP contribution in [0.4, 0.5) is 5.69 Å². The van der Waals surface area contributed by atoms with Crippen molar-refractivity contribution in [2.24, 2.45) is 0 Å². The molecule has 31 heavy (non-hydrogen) atoms. The summed E-state index contributed by atoms with van der Waals surface area (Å²) < 4.78 is 5.61. The van der Waals surface area contributed by atoms with Gasteiger partial charge in [-0.25, -0.2) is 0 Å². The summed E-state index contributed by atoms with van der Waals surface area (Å²) in [7, 11) is 0. The molecule has 1 aliphatic heterocycles. The topological polar surface area (TPSA) is 88.3 Å². The molecule has 0 unspecified atom stereocenters. The van der Waals surface area contributed by atoms with Crippen molar-refractivity contribution < 1.29 is 14.0 Å². The molecule has 2 amide bonds. The lowest BCUT2D eigenvalue weighted by Gasteiger charge is -2.18. The monoisotopic (exact) mass is 456 g/mol. The number of benzene rings is 2. The van der Waals surface area contributed by atoms with Gasteiger partial charge in [-0.1, -0.05) is 29.4 Å². The molecule has 3 aromatic rings. The number of amides is 2. The predicted molar refractivity (Wildman–Crippen MR) is 120 cm³/mol. The van der Waals surface area contributed by atoms with Gasteiger partial charge in [0, 0.05) is 34.9 Å². The first kappa shape index (κ1) is 21.4. The van der Waals surface area contributed by atoms with E-state index in [2.05, 4.69) is 15.5 Å². The number of likely N-dealkylation sites (tertiary alicyclic amines) is 1. The largest absolute Gasteiger partial charge is 0.411 e. The van der Waals surface area contributed by atoms with Crippen molar-refractivity contribution in [3.63, 3.8) is 0 Å². The van der Waals surface area contributed by atoms with Crippen molar-refractivity contribution in [1.82, 2.24) is 15.1 Å². The minimum Gasteiger partial charge on any atom is -0.411 e. The average Bonchev–Trinajstić information content (AvgIpc) is 3.46. The summed E-state index contributed by atoms with van der Waals surface area (Å²) >= 11 is 7.04. The van der Waals surface area contributed by atoms with Gasteiger partial charge < -0.3 is 14.6 Å². The molecule has 0 aliphatic carbocycles. The van der Waals surface area contributed by atoms with Crippen molar-refractivity contribution in [1.29, 1.82) is 0 Å². The molecule has 0 saturated carbocycles. The number of nitrogens with one attached hydrogen (secondary N) is 1. The highest BCUT2D eigenvalue weighted by molar-refractivity contribution is 7.99. The normalized spacial score (nSPS) is 13.4. The summed E-state index contributed by atoms with van der Waals surface area (Å²) in [6.45, 7) is 3.42. The summed E-state index contributed by atoms with van der Waals surface area (Å²) in [6, 6.07) is 12.4. The van der Waals surface area contributed by atoms with E-state index in [0.29, 0.717) is 27.4 Å².